The summed E-state index contributed by atoms with van der Waals surface area (Å²) in [5.74, 6) is 0.984. The second kappa shape index (κ2) is 10.5. The van der Waals surface area contributed by atoms with Crippen molar-refractivity contribution in [2.24, 2.45) is 0 Å². The van der Waals surface area contributed by atoms with E-state index in [4.69, 9.17) is 30.5 Å². The number of aromatic nitrogens is 1. The molecule has 10 nitrogen and oxygen atoms in total. The van der Waals surface area contributed by atoms with Gasteiger partial charge in [0.05, 0.1) is 33.3 Å². The lowest BCUT2D eigenvalue weighted by Crippen LogP contribution is -2.30. The zero-order valence-electron chi connectivity index (χ0n) is 20.3. The number of carbonyl (C=O) groups is 1. The van der Waals surface area contributed by atoms with Gasteiger partial charge in [0.25, 0.3) is 15.9 Å². The van der Waals surface area contributed by atoms with Crippen molar-refractivity contribution in [1.29, 1.82) is 0 Å². The smallest absolute Gasteiger partial charge is 0.281 e. The van der Waals surface area contributed by atoms with E-state index < -0.39 is 15.9 Å². The zero-order valence-corrected chi connectivity index (χ0v) is 21.9. The Morgan fingerprint density at radius 2 is 1.51 bits per heavy atom. The van der Waals surface area contributed by atoms with Gasteiger partial charge in [-0.05, 0) is 42.5 Å². The number of halogens is 1. The van der Waals surface area contributed by atoms with Gasteiger partial charge in [-0.15, -0.1) is 0 Å². The van der Waals surface area contributed by atoms with Crippen molar-refractivity contribution in [2.45, 2.75) is 4.90 Å². The second-order valence-corrected chi connectivity index (χ2v) is 9.87. The summed E-state index contributed by atoms with van der Waals surface area (Å²) in [7, 11) is 1.88. The van der Waals surface area contributed by atoms with E-state index in [1.165, 1.54) is 58.8 Å². The molecular weight excluding hydrogens is 522 g/mol. The van der Waals surface area contributed by atoms with Gasteiger partial charge >= 0.3 is 0 Å². The van der Waals surface area contributed by atoms with Gasteiger partial charge in [0, 0.05) is 39.4 Å². The summed E-state index contributed by atoms with van der Waals surface area (Å²) in [6, 6.07) is 14.0. The molecule has 0 aliphatic rings. The fourth-order valence-corrected chi connectivity index (χ4v) is 4.91. The molecule has 0 atom stereocenters. The third kappa shape index (κ3) is 5.37. The first-order chi connectivity index (χ1) is 17.7. The van der Waals surface area contributed by atoms with Crippen LogP contribution in [0.2, 0.25) is 5.02 Å². The molecule has 3 N–H and O–H groups in total. The molecule has 0 unspecified atom stereocenters. The van der Waals surface area contributed by atoms with E-state index in [-0.39, 0.29) is 10.6 Å². The lowest BCUT2D eigenvalue weighted by Gasteiger charge is -2.15. The molecule has 0 aliphatic heterocycles. The molecule has 3 aromatic carbocycles. The van der Waals surface area contributed by atoms with Crippen molar-refractivity contribution in [2.75, 3.05) is 33.8 Å². The largest absolute Gasteiger partial charge is 0.497 e. The minimum absolute atomic E-state index is 0.0299. The molecular formula is C25H24ClN3O7S. The summed E-state index contributed by atoms with van der Waals surface area (Å²) in [6.45, 7) is 0. The molecule has 0 saturated carbocycles. The van der Waals surface area contributed by atoms with Gasteiger partial charge in [-0.2, -0.15) is 0 Å². The summed E-state index contributed by atoms with van der Waals surface area (Å²) < 4.78 is 48.7. The van der Waals surface area contributed by atoms with E-state index in [0.29, 0.717) is 50.3 Å². The van der Waals surface area contributed by atoms with Crippen molar-refractivity contribution in [3.63, 3.8) is 0 Å². The van der Waals surface area contributed by atoms with Gasteiger partial charge in [-0.3, -0.25) is 4.79 Å². The molecule has 1 heterocycles. The monoisotopic (exact) mass is 545 g/mol. The van der Waals surface area contributed by atoms with Gasteiger partial charge in [0.1, 0.15) is 11.4 Å². The fourth-order valence-electron chi connectivity index (χ4n) is 3.73. The Bertz CT molecular complexity index is 1540. The standard InChI is InChI=1S/C25H24ClN3O7S/c1-33-16-5-7-17(8-6-16)37(31,32)29-25(30)21-13-18-19(9-14(26)10-20(18)28-21)27-15-11-22(34-2)24(36-4)23(12-15)35-3/h5-13,27-28H,1-4H3,(H,29,30). The average molecular weight is 546 g/mol. The van der Waals surface area contributed by atoms with Crippen LogP contribution in [-0.2, 0) is 10.0 Å². The maximum absolute atomic E-state index is 12.9. The van der Waals surface area contributed by atoms with Gasteiger partial charge < -0.3 is 29.2 Å². The number of anilines is 2. The van der Waals surface area contributed by atoms with Crippen LogP contribution in [0.1, 0.15) is 10.5 Å². The third-order valence-electron chi connectivity index (χ3n) is 5.49. The number of aromatic amines is 1. The highest BCUT2D eigenvalue weighted by Crippen LogP contribution is 2.41. The van der Waals surface area contributed by atoms with Crippen LogP contribution in [0.3, 0.4) is 0 Å². The number of sulfonamides is 1. The molecule has 12 heteroatoms. The highest BCUT2D eigenvalue weighted by atomic mass is 35.5. The minimum Gasteiger partial charge on any atom is -0.497 e. The molecule has 4 aromatic rings. The molecule has 194 valence electrons. The van der Waals surface area contributed by atoms with Crippen molar-refractivity contribution in [1.82, 2.24) is 9.71 Å². The number of nitrogens with one attached hydrogen (secondary N) is 3. The Labute approximate surface area is 218 Å². The summed E-state index contributed by atoms with van der Waals surface area (Å²) in [6.07, 6.45) is 0. The number of ether oxygens (including phenoxy) is 4. The van der Waals surface area contributed by atoms with Crippen molar-refractivity contribution in [3.05, 3.63) is 65.3 Å². The lowest BCUT2D eigenvalue weighted by atomic mass is 10.2. The molecule has 37 heavy (non-hydrogen) atoms. The first-order valence-corrected chi connectivity index (χ1v) is 12.7. The first-order valence-electron chi connectivity index (χ1n) is 10.8. The predicted octanol–water partition coefficient (Wildman–Crippen LogP) is 4.72. The van der Waals surface area contributed by atoms with Crippen LogP contribution in [0.15, 0.2) is 59.5 Å². The van der Waals surface area contributed by atoms with Gasteiger partial charge in [-0.25, -0.2) is 13.1 Å². The van der Waals surface area contributed by atoms with Gasteiger partial charge in [-0.1, -0.05) is 11.6 Å². The Kier molecular flexibility index (Phi) is 7.37. The number of hydrogen-bond donors (Lipinski definition) is 3. The van der Waals surface area contributed by atoms with Crippen LogP contribution in [0.4, 0.5) is 11.4 Å². The van der Waals surface area contributed by atoms with E-state index in [0.717, 1.165) is 0 Å². The summed E-state index contributed by atoms with van der Waals surface area (Å²) in [4.78, 5) is 15.7. The topological polar surface area (TPSA) is 128 Å². The van der Waals surface area contributed by atoms with Crippen LogP contribution in [-0.4, -0.2) is 47.7 Å². The maximum atomic E-state index is 12.9. The Morgan fingerprint density at radius 3 is 2.08 bits per heavy atom. The molecule has 0 saturated heterocycles. The van der Waals surface area contributed by atoms with Gasteiger partial charge in [0.2, 0.25) is 5.75 Å². The van der Waals surface area contributed by atoms with Crippen molar-refractivity contribution in [3.8, 4) is 23.0 Å². The summed E-state index contributed by atoms with van der Waals surface area (Å²) in [5, 5.41) is 4.24. The van der Waals surface area contributed by atoms with Gasteiger partial charge in [0.15, 0.2) is 11.5 Å². The summed E-state index contributed by atoms with van der Waals surface area (Å²) in [5.41, 5.74) is 1.72. The Balaban J connectivity index is 1.66. The number of methoxy groups -OCH3 is 4. The Hall–Kier alpha value is -4.09. The minimum atomic E-state index is -4.12. The van der Waals surface area contributed by atoms with Crippen LogP contribution in [0, 0.1) is 0 Å². The fraction of sp³-hybridized carbons (Fsp3) is 0.160. The van der Waals surface area contributed by atoms with Crippen LogP contribution < -0.4 is 29.0 Å². The number of H-pyrrole nitrogens is 1. The van der Waals surface area contributed by atoms with Crippen molar-refractivity contribution < 1.29 is 32.2 Å². The molecule has 0 aliphatic carbocycles. The average Bonchev–Trinajstić information content (AvgIpc) is 3.32. The van der Waals surface area contributed by atoms with Crippen molar-refractivity contribution >= 4 is 49.8 Å². The third-order valence-corrected chi connectivity index (χ3v) is 7.05. The first kappa shape index (κ1) is 26.0. The lowest BCUT2D eigenvalue weighted by molar-refractivity contribution is 0.0977. The predicted molar refractivity (Wildman–Crippen MR) is 140 cm³/mol. The molecule has 0 spiro atoms. The molecule has 1 amide bonds. The SMILES string of the molecule is COc1ccc(S(=O)(=O)NC(=O)c2cc3c(Nc4cc(OC)c(OC)c(OC)c4)cc(Cl)cc3[nH]2)cc1. The van der Waals surface area contributed by atoms with E-state index >= 15 is 0 Å². The van der Waals surface area contributed by atoms with E-state index in [1.807, 2.05) is 0 Å². The molecule has 0 bridgehead atoms. The number of benzene rings is 3. The second-order valence-electron chi connectivity index (χ2n) is 7.75. The number of fused-ring (bicyclic) bond motifs is 1. The Morgan fingerprint density at radius 1 is 0.865 bits per heavy atom. The normalized spacial score (nSPS) is 11.2. The van der Waals surface area contributed by atoms with E-state index in [2.05, 4.69) is 15.0 Å². The number of amides is 1. The quantitative estimate of drug-likeness (QED) is 0.276. The highest BCUT2D eigenvalue weighted by Gasteiger charge is 2.21. The summed E-state index contributed by atoms with van der Waals surface area (Å²) >= 11 is 6.32. The van der Waals surface area contributed by atoms with E-state index in [1.54, 1.807) is 24.3 Å². The zero-order chi connectivity index (χ0) is 26.7. The van der Waals surface area contributed by atoms with E-state index in [9.17, 15) is 13.2 Å². The molecule has 0 fully saturated rings. The molecule has 1 aromatic heterocycles. The molecule has 0 radical (unpaired) electrons. The van der Waals surface area contributed by atoms with Crippen LogP contribution in [0.25, 0.3) is 10.9 Å². The van der Waals surface area contributed by atoms with Crippen LogP contribution in [0.5, 0.6) is 23.0 Å². The molecule has 4 rings (SSSR count). The number of carbonyl (C=O) groups excluding carboxylic acids is 1. The van der Waals surface area contributed by atoms with Crippen LogP contribution >= 0.6 is 11.6 Å². The highest BCUT2D eigenvalue weighted by molar-refractivity contribution is 7.90. The number of hydrogen-bond acceptors (Lipinski definition) is 8. The number of rotatable bonds is 9. The maximum Gasteiger partial charge on any atom is 0.281 e.